The second-order valence-electron chi connectivity index (χ2n) is 4.28. The number of hydrogen-bond acceptors (Lipinski definition) is 2. The van der Waals surface area contributed by atoms with Gasteiger partial charge in [-0.25, -0.2) is 9.18 Å². The number of rotatable bonds is 5. The van der Waals surface area contributed by atoms with Gasteiger partial charge in [-0.15, -0.1) is 0 Å². The molecule has 3 nitrogen and oxygen atoms in total. The lowest BCUT2D eigenvalue weighted by molar-refractivity contribution is -0.150. The highest BCUT2D eigenvalue weighted by Crippen LogP contribution is 2.29. The van der Waals surface area contributed by atoms with E-state index in [0.29, 0.717) is 6.54 Å². The van der Waals surface area contributed by atoms with Crippen molar-refractivity contribution in [3.8, 4) is 0 Å². The Kier molecular flexibility index (Phi) is 4.23. The second-order valence-corrected chi connectivity index (χ2v) is 4.28. The molecule has 4 heteroatoms. The molecule has 0 aliphatic rings. The number of benzene rings is 1. The minimum Gasteiger partial charge on any atom is -0.480 e. The first-order valence-corrected chi connectivity index (χ1v) is 5.64. The molecule has 17 heavy (non-hydrogen) atoms. The van der Waals surface area contributed by atoms with Gasteiger partial charge in [-0.3, -0.25) is 4.90 Å². The smallest absolute Gasteiger partial charge is 0.328 e. The molecule has 0 radical (unpaired) electrons. The van der Waals surface area contributed by atoms with Crippen molar-refractivity contribution in [3.05, 3.63) is 35.6 Å². The van der Waals surface area contributed by atoms with Crippen LogP contribution in [0.4, 0.5) is 4.39 Å². The van der Waals surface area contributed by atoms with Crippen molar-refractivity contribution in [2.45, 2.75) is 25.8 Å². The summed E-state index contributed by atoms with van der Waals surface area (Å²) in [7, 11) is 1.70. The van der Waals surface area contributed by atoms with Gasteiger partial charge in [0.1, 0.15) is 11.4 Å². The average molecular weight is 239 g/mol. The summed E-state index contributed by atoms with van der Waals surface area (Å²) in [6.07, 6.45) is 0.813. The first-order valence-electron chi connectivity index (χ1n) is 5.64. The van der Waals surface area contributed by atoms with Crippen LogP contribution >= 0.6 is 0 Å². The van der Waals surface area contributed by atoms with Crippen LogP contribution < -0.4 is 0 Å². The number of carbonyl (C=O) groups is 1. The Balaban J connectivity index is 3.26. The SMILES string of the molecule is CCCN(C)C(C)(C(=O)O)c1ccccc1F. The number of nitrogens with zero attached hydrogens (tertiary/aromatic N) is 1. The van der Waals surface area contributed by atoms with E-state index < -0.39 is 17.3 Å². The van der Waals surface area contributed by atoms with Gasteiger partial charge in [-0.2, -0.15) is 0 Å². The molecule has 0 saturated heterocycles. The molecule has 0 saturated carbocycles. The van der Waals surface area contributed by atoms with E-state index in [-0.39, 0.29) is 5.56 Å². The topological polar surface area (TPSA) is 40.5 Å². The van der Waals surface area contributed by atoms with Gasteiger partial charge in [0.2, 0.25) is 0 Å². The molecule has 1 N–H and O–H groups in total. The summed E-state index contributed by atoms with van der Waals surface area (Å²) < 4.78 is 13.8. The average Bonchev–Trinajstić information content (AvgIpc) is 2.28. The molecule has 1 aromatic rings. The summed E-state index contributed by atoms with van der Waals surface area (Å²) in [5.41, 5.74) is -1.13. The third kappa shape index (κ3) is 2.47. The quantitative estimate of drug-likeness (QED) is 0.858. The summed E-state index contributed by atoms with van der Waals surface area (Å²) >= 11 is 0. The van der Waals surface area contributed by atoms with Crippen LogP contribution in [0, 0.1) is 5.82 Å². The van der Waals surface area contributed by atoms with Gasteiger partial charge in [0.05, 0.1) is 0 Å². The first kappa shape index (κ1) is 13.6. The van der Waals surface area contributed by atoms with Gasteiger partial charge in [0.15, 0.2) is 0 Å². The Bertz CT molecular complexity index is 408. The number of likely N-dealkylation sites (N-methyl/N-ethyl adjacent to an activating group) is 1. The largest absolute Gasteiger partial charge is 0.480 e. The molecule has 0 amide bonds. The van der Waals surface area contributed by atoms with Crippen LogP contribution in [0.5, 0.6) is 0 Å². The Morgan fingerprint density at radius 2 is 2.06 bits per heavy atom. The van der Waals surface area contributed by atoms with Gasteiger partial charge < -0.3 is 5.11 Å². The monoisotopic (exact) mass is 239 g/mol. The van der Waals surface area contributed by atoms with Crippen molar-refractivity contribution in [1.82, 2.24) is 4.90 Å². The van der Waals surface area contributed by atoms with Crippen LogP contribution in [0.3, 0.4) is 0 Å². The molecule has 0 aromatic heterocycles. The summed E-state index contributed by atoms with van der Waals surface area (Å²) in [4.78, 5) is 13.1. The van der Waals surface area contributed by atoms with Crippen LogP contribution in [-0.4, -0.2) is 29.6 Å². The van der Waals surface area contributed by atoms with E-state index in [2.05, 4.69) is 0 Å². The number of carboxylic acid groups (broad SMARTS) is 1. The Morgan fingerprint density at radius 3 is 2.53 bits per heavy atom. The van der Waals surface area contributed by atoms with Crippen LogP contribution in [0.2, 0.25) is 0 Å². The predicted molar refractivity (Wildman–Crippen MR) is 64.3 cm³/mol. The molecule has 1 rings (SSSR count). The Labute approximate surface area is 101 Å². The Morgan fingerprint density at radius 1 is 1.47 bits per heavy atom. The highest BCUT2D eigenvalue weighted by molar-refractivity contribution is 5.80. The lowest BCUT2D eigenvalue weighted by atomic mass is 9.90. The van der Waals surface area contributed by atoms with E-state index >= 15 is 0 Å². The zero-order valence-corrected chi connectivity index (χ0v) is 10.4. The maximum Gasteiger partial charge on any atom is 0.328 e. The van der Waals surface area contributed by atoms with Crippen molar-refractivity contribution in [3.63, 3.8) is 0 Å². The van der Waals surface area contributed by atoms with Crippen molar-refractivity contribution in [2.24, 2.45) is 0 Å². The summed E-state index contributed by atoms with van der Waals surface area (Å²) in [5.74, 6) is -1.53. The molecule has 0 aliphatic carbocycles. The fourth-order valence-corrected chi connectivity index (χ4v) is 1.90. The Hall–Kier alpha value is -1.42. The third-order valence-electron chi connectivity index (χ3n) is 3.14. The van der Waals surface area contributed by atoms with Gasteiger partial charge in [0, 0.05) is 5.56 Å². The predicted octanol–water partition coefficient (Wildman–Crippen LogP) is 2.47. The van der Waals surface area contributed by atoms with Crippen molar-refractivity contribution in [2.75, 3.05) is 13.6 Å². The van der Waals surface area contributed by atoms with Gasteiger partial charge in [-0.1, -0.05) is 25.1 Å². The highest BCUT2D eigenvalue weighted by Gasteiger charge is 2.40. The molecular weight excluding hydrogens is 221 g/mol. The summed E-state index contributed by atoms with van der Waals surface area (Å²) in [6, 6.07) is 6.02. The van der Waals surface area contributed by atoms with Gasteiger partial charge in [0.25, 0.3) is 0 Å². The van der Waals surface area contributed by atoms with E-state index in [1.807, 2.05) is 6.92 Å². The van der Waals surface area contributed by atoms with Crippen LogP contribution in [0.15, 0.2) is 24.3 Å². The van der Waals surface area contributed by atoms with Crippen LogP contribution in [-0.2, 0) is 10.3 Å². The standard InChI is InChI=1S/C13H18FNO2/c1-4-9-15(3)13(2,12(16)17)10-7-5-6-8-11(10)14/h5-8H,4,9H2,1-3H3,(H,16,17). The fourth-order valence-electron chi connectivity index (χ4n) is 1.90. The second kappa shape index (κ2) is 5.27. The van der Waals surface area contributed by atoms with E-state index in [4.69, 9.17) is 0 Å². The molecule has 0 fully saturated rings. The van der Waals surface area contributed by atoms with Crippen molar-refractivity contribution < 1.29 is 14.3 Å². The molecule has 0 bridgehead atoms. The first-order chi connectivity index (χ1) is 7.94. The minimum atomic E-state index is -1.33. The van der Waals surface area contributed by atoms with Crippen molar-refractivity contribution in [1.29, 1.82) is 0 Å². The highest BCUT2D eigenvalue weighted by atomic mass is 19.1. The molecule has 0 aliphatic heterocycles. The lowest BCUT2D eigenvalue weighted by Gasteiger charge is -2.35. The molecular formula is C13H18FNO2. The number of aliphatic carboxylic acids is 1. The molecule has 0 spiro atoms. The summed E-state index contributed by atoms with van der Waals surface area (Å²) in [5, 5.41) is 9.40. The van der Waals surface area contributed by atoms with Crippen LogP contribution in [0.1, 0.15) is 25.8 Å². The van der Waals surface area contributed by atoms with E-state index in [9.17, 15) is 14.3 Å². The number of halogens is 1. The molecule has 0 heterocycles. The van der Waals surface area contributed by atoms with Crippen LogP contribution in [0.25, 0.3) is 0 Å². The van der Waals surface area contributed by atoms with Gasteiger partial charge >= 0.3 is 5.97 Å². The lowest BCUT2D eigenvalue weighted by Crippen LogP contribution is -2.48. The number of carboxylic acids is 1. The minimum absolute atomic E-state index is 0.198. The normalized spacial score (nSPS) is 14.6. The van der Waals surface area contributed by atoms with E-state index in [1.165, 1.54) is 19.1 Å². The summed E-state index contributed by atoms with van der Waals surface area (Å²) in [6.45, 7) is 4.08. The molecule has 1 aromatic carbocycles. The molecule has 1 unspecified atom stereocenters. The number of hydrogen-bond donors (Lipinski definition) is 1. The van der Waals surface area contributed by atoms with Gasteiger partial charge in [-0.05, 0) is 33.0 Å². The molecule has 94 valence electrons. The van der Waals surface area contributed by atoms with Crippen molar-refractivity contribution >= 4 is 5.97 Å². The zero-order valence-electron chi connectivity index (χ0n) is 10.4. The molecule has 1 atom stereocenters. The third-order valence-corrected chi connectivity index (χ3v) is 3.14. The van der Waals surface area contributed by atoms with E-state index in [0.717, 1.165) is 6.42 Å². The van der Waals surface area contributed by atoms with E-state index in [1.54, 1.807) is 24.1 Å². The zero-order chi connectivity index (χ0) is 13.1. The maximum atomic E-state index is 13.8. The maximum absolute atomic E-state index is 13.8. The fraction of sp³-hybridized carbons (Fsp3) is 0.462.